The zero-order valence-corrected chi connectivity index (χ0v) is 4.39. The molecule has 0 aliphatic heterocycles. The Morgan fingerprint density at radius 2 is 2.00 bits per heavy atom. The molecule has 0 rings (SSSR count). The van der Waals surface area contributed by atoms with Crippen LogP contribution in [-0.4, -0.2) is 23.3 Å². The summed E-state index contributed by atoms with van der Waals surface area (Å²) < 4.78 is 7.06. The van der Waals surface area contributed by atoms with Crippen molar-refractivity contribution >= 4 is 0 Å². The summed E-state index contributed by atoms with van der Waals surface area (Å²) in [5, 5.41) is 9.39. The smallest absolute Gasteiger partial charge is 0.0486 e. The molecule has 0 unspecified atom stereocenters. The summed E-state index contributed by atoms with van der Waals surface area (Å²) in [4.78, 5) is 0. The number of nitrogens with zero attached hydrogens (tertiary/aromatic N) is 1. The van der Waals surface area contributed by atoms with Crippen molar-refractivity contribution < 1.29 is 6.58 Å². The van der Waals surface area contributed by atoms with Gasteiger partial charge in [-0.3, -0.25) is 0 Å². The average molecular weight is 91.1 g/mol. The van der Waals surface area contributed by atoms with Gasteiger partial charge in [0.1, 0.15) is 0 Å². The van der Waals surface area contributed by atoms with Gasteiger partial charge in [-0.2, -0.15) is 5.06 Å². The maximum atomic E-state index is 8.53. The highest BCUT2D eigenvalue weighted by Crippen LogP contribution is 1.83. The fourth-order valence-corrected chi connectivity index (χ4v) is 0. The Bertz CT molecular complexity index is 57.2. The molecular weight excluding hydrogens is 78.0 g/mol. The van der Waals surface area contributed by atoms with Gasteiger partial charge in [0.25, 0.3) is 0 Å². The molecule has 0 bridgehead atoms. The summed E-state index contributed by atoms with van der Waals surface area (Å²) in [5.74, 6) is 0. The first-order chi connectivity index (χ1) is 2.94. The Kier molecular flexibility index (Phi) is 1.47. The minimum Gasteiger partial charge on any atom is -0.314 e. The molecule has 0 saturated carbocycles. The molecular formula is C4H11NO. The van der Waals surface area contributed by atoms with E-state index in [1.807, 2.05) is 0 Å². The van der Waals surface area contributed by atoms with Gasteiger partial charge in [-0.1, -0.05) is 0 Å². The van der Waals surface area contributed by atoms with E-state index in [4.69, 9.17) is 6.58 Å². The molecule has 0 aromatic heterocycles. The first-order valence-electron chi connectivity index (χ1n) is 2.37. The van der Waals surface area contributed by atoms with Crippen molar-refractivity contribution in [3.8, 4) is 0 Å². The van der Waals surface area contributed by atoms with Crippen molar-refractivity contribution in [1.29, 1.82) is 0 Å². The Hall–Kier alpha value is -0.0800. The van der Waals surface area contributed by atoms with E-state index in [2.05, 4.69) is 0 Å². The van der Waals surface area contributed by atoms with Crippen LogP contribution >= 0.6 is 0 Å². The zero-order chi connectivity index (χ0) is 6.08. The molecule has 2 nitrogen and oxygen atoms in total. The van der Waals surface area contributed by atoms with E-state index >= 15 is 0 Å². The van der Waals surface area contributed by atoms with Crippen LogP contribution in [0.4, 0.5) is 0 Å². The molecule has 0 aliphatic carbocycles. The third-order valence-electron chi connectivity index (χ3n) is 0.647. The van der Waals surface area contributed by atoms with E-state index in [0.717, 1.165) is 5.06 Å². The van der Waals surface area contributed by atoms with Crippen LogP contribution in [0.3, 0.4) is 0 Å². The number of hydroxylamine groups is 2. The van der Waals surface area contributed by atoms with Gasteiger partial charge in [0.15, 0.2) is 0 Å². The van der Waals surface area contributed by atoms with Crippen molar-refractivity contribution in [1.82, 2.24) is 5.06 Å². The first-order valence-corrected chi connectivity index (χ1v) is 1.87. The zero-order valence-electron chi connectivity index (χ0n) is 5.39. The van der Waals surface area contributed by atoms with Crippen LogP contribution in [0.2, 0.25) is 0 Å². The van der Waals surface area contributed by atoms with E-state index in [-0.39, 0.29) is 0 Å². The second-order valence-electron chi connectivity index (χ2n) is 1.47. The predicted molar refractivity (Wildman–Crippen MR) is 24.7 cm³/mol. The molecule has 0 spiro atoms. The van der Waals surface area contributed by atoms with Crippen molar-refractivity contribution in [3.05, 3.63) is 0 Å². The van der Waals surface area contributed by atoms with Crippen molar-refractivity contribution in [2.24, 2.45) is 0 Å². The van der Waals surface area contributed by atoms with E-state index in [9.17, 15) is 0 Å². The highest BCUT2D eigenvalue weighted by Gasteiger charge is 1.92. The van der Waals surface area contributed by atoms with Gasteiger partial charge in [-0.15, -0.1) is 0 Å². The van der Waals surface area contributed by atoms with E-state index in [1.165, 1.54) is 7.05 Å². The quantitative estimate of drug-likeness (QED) is 0.480. The summed E-state index contributed by atoms with van der Waals surface area (Å²) in [6.45, 7) is 3.21. The summed E-state index contributed by atoms with van der Waals surface area (Å²) in [6.07, 6.45) is 0. The van der Waals surface area contributed by atoms with Gasteiger partial charge in [0, 0.05) is 14.4 Å². The Balaban J connectivity index is 3.54. The Labute approximate surface area is 39.7 Å². The summed E-state index contributed by atoms with van der Waals surface area (Å²) in [5.41, 5.74) is 0. The van der Waals surface area contributed by atoms with Crippen molar-refractivity contribution in [3.63, 3.8) is 0 Å². The molecule has 0 amide bonds. The second-order valence-corrected chi connectivity index (χ2v) is 1.47. The standard InChI is InChI=1S/C4H11NO/c1-4(2)5(3)6/h4,6H,1-3H3/i4T. The van der Waals surface area contributed by atoms with Gasteiger partial charge in [0.2, 0.25) is 0 Å². The van der Waals surface area contributed by atoms with Crippen molar-refractivity contribution in [2.45, 2.75) is 19.9 Å². The SMILES string of the molecule is [3H]C(C)(C)N(C)O. The molecule has 0 fully saturated rings. The van der Waals surface area contributed by atoms with Gasteiger partial charge in [-0.25, -0.2) is 0 Å². The fourth-order valence-electron chi connectivity index (χ4n) is 0. The van der Waals surface area contributed by atoms with Crippen LogP contribution in [0.1, 0.15) is 15.2 Å². The van der Waals surface area contributed by atoms with Crippen LogP contribution in [0.15, 0.2) is 0 Å². The molecule has 0 heterocycles. The fraction of sp³-hybridized carbons (Fsp3) is 1.00. The van der Waals surface area contributed by atoms with Crippen LogP contribution in [0, 0.1) is 0 Å². The lowest BCUT2D eigenvalue weighted by atomic mass is 10.4. The number of hydrogen-bond donors (Lipinski definition) is 1. The number of hydrogen-bond acceptors (Lipinski definition) is 2. The minimum absolute atomic E-state index is 0.854. The lowest BCUT2D eigenvalue weighted by Crippen LogP contribution is -2.21. The largest absolute Gasteiger partial charge is 0.314 e. The lowest BCUT2D eigenvalue weighted by molar-refractivity contribution is -0.0912. The maximum absolute atomic E-state index is 8.53. The Morgan fingerprint density at radius 1 is 1.83 bits per heavy atom. The third-order valence-corrected chi connectivity index (χ3v) is 0.647. The molecule has 38 valence electrons. The molecule has 6 heavy (non-hydrogen) atoms. The van der Waals surface area contributed by atoms with Crippen LogP contribution in [-0.2, 0) is 0 Å². The molecule has 0 aromatic rings. The van der Waals surface area contributed by atoms with Crippen LogP contribution in [0.5, 0.6) is 0 Å². The Morgan fingerprint density at radius 3 is 2.00 bits per heavy atom. The van der Waals surface area contributed by atoms with Gasteiger partial charge in [0.05, 0.1) is 0 Å². The monoisotopic (exact) mass is 91.1 g/mol. The first kappa shape index (κ1) is 4.09. The van der Waals surface area contributed by atoms with Crippen molar-refractivity contribution in [2.75, 3.05) is 7.05 Å². The molecule has 2 heteroatoms. The van der Waals surface area contributed by atoms with Crippen LogP contribution < -0.4 is 0 Å². The maximum Gasteiger partial charge on any atom is 0.0486 e. The molecule has 1 N–H and O–H groups in total. The average Bonchev–Trinajstić information content (AvgIpc) is 1.31. The molecule has 0 radical (unpaired) electrons. The third kappa shape index (κ3) is 2.18. The van der Waals surface area contributed by atoms with Gasteiger partial charge >= 0.3 is 0 Å². The topological polar surface area (TPSA) is 23.5 Å². The van der Waals surface area contributed by atoms with Gasteiger partial charge < -0.3 is 5.21 Å². The predicted octanol–water partition coefficient (Wildman–Crippen LogP) is 0.716. The van der Waals surface area contributed by atoms with Gasteiger partial charge in [-0.05, 0) is 13.8 Å². The second kappa shape index (κ2) is 2.16. The normalized spacial score (nSPS) is 15.2. The van der Waals surface area contributed by atoms with E-state index < -0.39 is 6.02 Å². The molecule has 0 aromatic carbocycles. The molecule has 0 atom stereocenters. The summed E-state index contributed by atoms with van der Waals surface area (Å²) >= 11 is 0. The molecule has 0 aliphatic rings. The lowest BCUT2D eigenvalue weighted by Gasteiger charge is -2.10. The summed E-state index contributed by atoms with van der Waals surface area (Å²) in [6, 6.07) is -0.861. The summed E-state index contributed by atoms with van der Waals surface area (Å²) in [7, 11) is 1.45. The minimum atomic E-state index is -0.861. The highest BCUT2D eigenvalue weighted by molar-refractivity contribution is 4.39. The van der Waals surface area contributed by atoms with E-state index in [0.29, 0.717) is 0 Å². The molecule has 0 saturated heterocycles. The highest BCUT2D eigenvalue weighted by atomic mass is 16.5. The van der Waals surface area contributed by atoms with E-state index in [1.54, 1.807) is 13.8 Å². The van der Waals surface area contributed by atoms with Crippen LogP contribution in [0.25, 0.3) is 0 Å². The number of rotatable bonds is 1.